The van der Waals surface area contributed by atoms with Gasteiger partial charge in [-0.15, -0.1) is 0 Å². The second-order valence-corrected chi connectivity index (χ2v) is 6.77. The Morgan fingerprint density at radius 3 is 2.28 bits per heavy atom. The largest absolute Gasteiger partial charge is 0.395 e. The molecule has 0 aliphatic heterocycles. The van der Waals surface area contributed by atoms with Gasteiger partial charge in [0.05, 0.1) is 6.61 Å². The maximum atomic E-state index is 11.3. The van der Waals surface area contributed by atoms with E-state index in [-0.39, 0.29) is 18.6 Å². The first-order valence-electron chi connectivity index (χ1n) is 8.75. The van der Waals surface area contributed by atoms with Crippen molar-refractivity contribution in [1.82, 2.24) is 4.90 Å². The summed E-state index contributed by atoms with van der Waals surface area (Å²) in [6.07, 6.45) is 0. The van der Waals surface area contributed by atoms with Gasteiger partial charge < -0.3 is 10.4 Å². The molecule has 0 bridgehead atoms. The van der Waals surface area contributed by atoms with Crippen LogP contribution in [0.4, 0.5) is 5.69 Å². The van der Waals surface area contributed by atoms with Crippen molar-refractivity contribution in [1.29, 1.82) is 0 Å². The molecule has 0 saturated heterocycles. The van der Waals surface area contributed by atoms with Crippen molar-refractivity contribution >= 4 is 11.6 Å². The highest BCUT2D eigenvalue weighted by Gasteiger charge is 2.21. The standard InChI is InChI=1S/C21H28N2O2/c1-16(2)21(15-24)23(13-18-8-5-4-6-9-18)14-19-10-7-11-20(12-19)22-17(3)25/h4-12,16,21,24H,13-15H2,1-3H3,(H,22,25). The Morgan fingerprint density at radius 2 is 1.68 bits per heavy atom. The first kappa shape index (κ1) is 19.2. The van der Waals surface area contributed by atoms with Gasteiger partial charge in [0.15, 0.2) is 0 Å². The van der Waals surface area contributed by atoms with Crippen LogP contribution in [0.2, 0.25) is 0 Å². The summed E-state index contributed by atoms with van der Waals surface area (Å²) in [6, 6.07) is 18.3. The number of carbonyl (C=O) groups is 1. The molecule has 0 saturated carbocycles. The summed E-state index contributed by atoms with van der Waals surface area (Å²) in [7, 11) is 0. The number of aliphatic hydroxyl groups excluding tert-OH is 1. The summed E-state index contributed by atoms with van der Waals surface area (Å²) < 4.78 is 0. The molecule has 0 fully saturated rings. The number of hydrogen-bond donors (Lipinski definition) is 2. The van der Waals surface area contributed by atoms with E-state index in [0.29, 0.717) is 12.5 Å². The van der Waals surface area contributed by atoms with E-state index in [0.717, 1.165) is 17.8 Å². The highest BCUT2D eigenvalue weighted by Crippen LogP contribution is 2.20. The van der Waals surface area contributed by atoms with E-state index in [1.54, 1.807) is 0 Å². The smallest absolute Gasteiger partial charge is 0.221 e. The third kappa shape index (κ3) is 6.00. The van der Waals surface area contributed by atoms with E-state index in [9.17, 15) is 9.90 Å². The van der Waals surface area contributed by atoms with Crippen molar-refractivity contribution in [3.63, 3.8) is 0 Å². The molecule has 1 atom stereocenters. The number of carbonyl (C=O) groups excluding carboxylic acids is 1. The zero-order valence-electron chi connectivity index (χ0n) is 15.3. The van der Waals surface area contributed by atoms with Crippen LogP contribution >= 0.6 is 0 Å². The van der Waals surface area contributed by atoms with E-state index >= 15 is 0 Å². The van der Waals surface area contributed by atoms with Gasteiger partial charge in [0.25, 0.3) is 0 Å². The normalized spacial score (nSPS) is 12.4. The number of nitrogens with zero attached hydrogens (tertiary/aromatic N) is 1. The molecule has 2 rings (SSSR count). The molecule has 25 heavy (non-hydrogen) atoms. The summed E-state index contributed by atoms with van der Waals surface area (Å²) >= 11 is 0. The van der Waals surface area contributed by atoms with Crippen molar-refractivity contribution in [3.8, 4) is 0 Å². The maximum absolute atomic E-state index is 11.3. The van der Waals surface area contributed by atoms with Crippen molar-refractivity contribution in [2.24, 2.45) is 5.92 Å². The number of rotatable bonds is 8. The van der Waals surface area contributed by atoms with Gasteiger partial charge in [-0.1, -0.05) is 56.3 Å². The summed E-state index contributed by atoms with van der Waals surface area (Å²) in [5, 5.41) is 12.7. The van der Waals surface area contributed by atoms with Crippen molar-refractivity contribution in [3.05, 3.63) is 65.7 Å². The van der Waals surface area contributed by atoms with Gasteiger partial charge in [0.1, 0.15) is 0 Å². The van der Waals surface area contributed by atoms with Gasteiger partial charge in [0, 0.05) is 31.7 Å². The Kier molecular flexibility index (Phi) is 7.16. The number of aliphatic hydroxyl groups is 1. The minimum Gasteiger partial charge on any atom is -0.395 e. The van der Waals surface area contributed by atoms with Crippen LogP contribution in [0, 0.1) is 5.92 Å². The number of nitrogens with one attached hydrogen (secondary N) is 1. The van der Waals surface area contributed by atoms with Crippen molar-refractivity contribution < 1.29 is 9.90 Å². The number of benzene rings is 2. The summed E-state index contributed by atoms with van der Waals surface area (Å²) in [4.78, 5) is 13.6. The van der Waals surface area contributed by atoms with E-state index < -0.39 is 0 Å². The summed E-state index contributed by atoms with van der Waals surface area (Å²) in [6.45, 7) is 7.38. The second kappa shape index (κ2) is 9.35. The predicted octanol–water partition coefficient (Wildman–Crippen LogP) is 3.66. The fraction of sp³-hybridized carbons (Fsp3) is 0.381. The van der Waals surface area contributed by atoms with E-state index in [1.165, 1.54) is 12.5 Å². The molecule has 0 aliphatic rings. The van der Waals surface area contributed by atoms with Gasteiger partial charge in [-0.05, 0) is 29.2 Å². The van der Waals surface area contributed by atoms with Gasteiger partial charge in [-0.25, -0.2) is 0 Å². The first-order valence-corrected chi connectivity index (χ1v) is 8.75. The lowest BCUT2D eigenvalue weighted by Gasteiger charge is -2.33. The van der Waals surface area contributed by atoms with Crippen LogP contribution in [0.3, 0.4) is 0 Å². The summed E-state index contributed by atoms with van der Waals surface area (Å²) in [5.74, 6) is 0.265. The van der Waals surface area contributed by atoms with Crippen LogP contribution in [0.1, 0.15) is 31.9 Å². The van der Waals surface area contributed by atoms with Crippen LogP contribution in [0.15, 0.2) is 54.6 Å². The first-order chi connectivity index (χ1) is 12.0. The average molecular weight is 340 g/mol. The quantitative estimate of drug-likeness (QED) is 0.771. The van der Waals surface area contributed by atoms with Crippen molar-refractivity contribution in [2.75, 3.05) is 11.9 Å². The monoisotopic (exact) mass is 340 g/mol. The lowest BCUT2D eigenvalue weighted by atomic mass is 10.0. The van der Waals surface area contributed by atoms with Crippen LogP contribution in [-0.4, -0.2) is 28.6 Å². The SMILES string of the molecule is CC(=O)Nc1cccc(CN(Cc2ccccc2)C(CO)C(C)C)c1. The molecule has 1 unspecified atom stereocenters. The minimum absolute atomic E-state index is 0.0737. The Labute approximate surface area is 150 Å². The molecule has 4 nitrogen and oxygen atoms in total. The van der Waals surface area contributed by atoms with E-state index in [4.69, 9.17) is 0 Å². The number of amides is 1. The average Bonchev–Trinajstić information content (AvgIpc) is 2.55. The molecule has 0 spiro atoms. The molecule has 4 heteroatoms. The zero-order valence-corrected chi connectivity index (χ0v) is 15.3. The van der Waals surface area contributed by atoms with Gasteiger partial charge in [0.2, 0.25) is 5.91 Å². The molecule has 0 aromatic heterocycles. The molecule has 0 aliphatic carbocycles. The molecular formula is C21H28N2O2. The van der Waals surface area contributed by atoms with Crippen molar-refractivity contribution in [2.45, 2.75) is 39.9 Å². The van der Waals surface area contributed by atoms with E-state index in [1.807, 2.05) is 36.4 Å². The highest BCUT2D eigenvalue weighted by molar-refractivity contribution is 5.88. The van der Waals surface area contributed by atoms with E-state index in [2.05, 4.69) is 42.3 Å². The van der Waals surface area contributed by atoms with Crippen LogP contribution < -0.4 is 5.32 Å². The summed E-state index contributed by atoms with van der Waals surface area (Å²) in [5.41, 5.74) is 3.13. The lowest BCUT2D eigenvalue weighted by molar-refractivity contribution is -0.114. The minimum atomic E-state index is -0.0753. The third-order valence-electron chi connectivity index (χ3n) is 4.29. The molecule has 0 radical (unpaired) electrons. The Morgan fingerprint density at radius 1 is 1.04 bits per heavy atom. The number of anilines is 1. The topological polar surface area (TPSA) is 52.6 Å². The lowest BCUT2D eigenvalue weighted by Crippen LogP contribution is -2.40. The third-order valence-corrected chi connectivity index (χ3v) is 4.29. The molecule has 2 aromatic carbocycles. The zero-order chi connectivity index (χ0) is 18.2. The maximum Gasteiger partial charge on any atom is 0.221 e. The van der Waals surface area contributed by atoms with Gasteiger partial charge in [-0.3, -0.25) is 9.69 Å². The Balaban J connectivity index is 2.21. The molecule has 0 heterocycles. The second-order valence-electron chi connectivity index (χ2n) is 6.77. The molecular weight excluding hydrogens is 312 g/mol. The van der Waals surface area contributed by atoms with Crippen LogP contribution in [-0.2, 0) is 17.9 Å². The fourth-order valence-corrected chi connectivity index (χ4v) is 3.04. The van der Waals surface area contributed by atoms with Crippen LogP contribution in [0.5, 0.6) is 0 Å². The van der Waals surface area contributed by atoms with Crippen LogP contribution in [0.25, 0.3) is 0 Å². The molecule has 2 N–H and O–H groups in total. The van der Waals surface area contributed by atoms with Gasteiger partial charge >= 0.3 is 0 Å². The molecule has 1 amide bonds. The Bertz CT molecular complexity index is 671. The van der Waals surface area contributed by atoms with Gasteiger partial charge in [-0.2, -0.15) is 0 Å². The molecule has 2 aromatic rings. The Hall–Kier alpha value is -2.17. The fourth-order valence-electron chi connectivity index (χ4n) is 3.04. The molecule has 134 valence electrons. The predicted molar refractivity (Wildman–Crippen MR) is 102 cm³/mol. The highest BCUT2D eigenvalue weighted by atomic mass is 16.3. The number of hydrogen-bond acceptors (Lipinski definition) is 3.